The first-order chi connectivity index (χ1) is 27.3. The Balaban J connectivity index is 1.14. The van der Waals surface area contributed by atoms with E-state index >= 15 is 0 Å². The van der Waals surface area contributed by atoms with Crippen LogP contribution in [0.15, 0.2) is 212 Å². The standard InChI is InChI=1S/C53H35NO/c1-3-16-36(17-4-1)42-35-32-37-18-7-8-21-41(37)51(42)38-30-33-40(34-31-38)54(39-19-5-2-6-20-39)48-27-15-26-47-52(48)43-22-9-10-23-44(43)53(47)45-24-11-13-28-49(45)55-50-29-14-12-25-46(50)53/h1-35H. The van der Waals surface area contributed by atoms with Crippen LogP contribution in [0.4, 0.5) is 17.1 Å². The number of para-hydroxylation sites is 3. The maximum atomic E-state index is 6.61. The van der Waals surface area contributed by atoms with Crippen molar-refractivity contribution >= 4 is 27.8 Å². The van der Waals surface area contributed by atoms with E-state index in [4.69, 9.17) is 4.74 Å². The first-order valence-electron chi connectivity index (χ1n) is 18.9. The molecule has 2 heteroatoms. The van der Waals surface area contributed by atoms with E-state index in [1.807, 2.05) is 0 Å². The molecule has 0 bridgehead atoms. The molecule has 0 amide bonds. The summed E-state index contributed by atoms with van der Waals surface area (Å²) >= 11 is 0. The summed E-state index contributed by atoms with van der Waals surface area (Å²) in [6.07, 6.45) is 0. The topological polar surface area (TPSA) is 12.5 Å². The smallest absolute Gasteiger partial charge is 0.132 e. The van der Waals surface area contributed by atoms with Gasteiger partial charge in [0.05, 0.1) is 11.1 Å². The van der Waals surface area contributed by atoms with Gasteiger partial charge in [-0.25, -0.2) is 0 Å². The van der Waals surface area contributed by atoms with Crippen LogP contribution in [0, 0.1) is 0 Å². The van der Waals surface area contributed by atoms with E-state index in [-0.39, 0.29) is 0 Å². The van der Waals surface area contributed by atoms with Crippen LogP contribution in [-0.2, 0) is 5.41 Å². The molecule has 9 aromatic rings. The average Bonchev–Trinajstić information content (AvgIpc) is 3.55. The highest BCUT2D eigenvalue weighted by Crippen LogP contribution is 2.64. The van der Waals surface area contributed by atoms with Crippen LogP contribution in [-0.4, -0.2) is 0 Å². The Kier molecular flexibility index (Phi) is 7.11. The third-order valence-electron chi connectivity index (χ3n) is 11.5. The summed E-state index contributed by atoms with van der Waals surface area (Å²) in [5.41, 5.74) is 15.0. The molecule has 258 valence electrons. The molecule has 0 atom stereocenters. The minimum atomic E-state index is -0.540. The van der Waals surface area contributed by atoms with Crippen molar-refractivity contribution in [3.8, 4) is 44.9 Å². The van der Waals surface area contributed by atoms with Crippen molar-refractivity contribution < 1.29 is 4.74 Å². The lowest BCUT2D eigenvalue weighted by molar-refractivity contribution is 0.436. The van der Waals surface area contributed by atoms with Gasteiger partial charge in [-0.15, -0.1) is 0 Å². The molecule has 2 nitrogen and oxygen atoms in total. The number of rotatable bonds is 5. The number of ether oxygens (including phenoxy) is 1. The van der Waals surface area contributed by atoms with E-state index in [2.05, 4.69) is 217 Å². The summed E-state index contributed by atoms with van der Waals surface area (Å²) in [7, 11) is 0. The van der Waals surface area contributed by atoms with Gasteiger partial charge in [0, 0.05) is 28.1 Å². The first-order valence-corrected chi connectivity index (χ1v) is 18.9. The number of fused-ring (bicyclic) bond motifs is 10. The summed E-state index contributed by atoms with van der Waals surface area (Å²) in [6, 6.07) is 76.8. The van der Waals surface area contributed by atoms with E-state index < -0.39 is 5.41 Å². The number of hydrogen-bond donors (Lipinski definition) is 0. The Morgan fingerprint density at radius 1 is 0.345 bits per heavy atom. The Labute approximate surface area is 321 Å². The van der Waals surface area contributed by atoms with Crippen LogP contribution in [0.3, 0.4) is 0 Å². The normalized spacial score (nSPS) is 13.0. The lowest BCUT2D eigenvalue weighted by Gasteiger charge is -2.39. The van der Waals surface area contributed by atoms with Crippen LogP contribution < -0.4 is 9.64 Å². The highest BCUT2D eigenvalue weighted by atomic mass is 16.5. The van der Waals surface area contributed by atoms with Crippen molar-refractivity contribution in [2.45, 2.75) is 5.41 Å². The van der Waals surface area contributed by atoms with Gasteiger partial charge < -0.3 is 9.64 Å². The summed E-state index contributed by atoms with van der Waals surface area (Å²) in [4.78, 5) is 2.43. The molecule has 0 aromatic heterocycles. The lowest BCUT2D eigenvalue weighted by atomic mass is 9.66. The van der Waals surface area contributed by atoms with Crippen molar-refractivity contribution in [2.24, 2.45) is 0 Å². The van der Waals surface area contributed by atoms with Crippen molar-refractivity contribution in [3.05, 3.63) is 235 Å². The fourth-order valence-corrected chi connectivity index (χ4v) is 9.29. The molecule has 2 aliphatic rings. The third-order valence-corrected chi connectivity index (χ3v) is 11.5. The number of benzene rings is 9. The molecule has 1 aliphatic heterocycles. The van der Waals surface area contributed by atoms with Crippen molar-refractivity contribution in [1.82, 2.24) is 0 Å². The Morgan fingerprint density at radius 3 is 1.67 bits per heavy atom. The molecule has 11 rings (SSSR count). The molecule has 0 N–H and O–H groups in total. The number of anilines is 3. The number of nitrogens with zero attached hydrogens (tertiary/aromatic N) is 1. The molecule has 9 aromatic carbocycles. The van der Waals surface area contributed by atoms with Gasteiger partial charge in [-0.1, -0.05) is 170 Å². The van der Waals surface area contributed by atoms with E-state index in [1.54, 1.807) is 0 Å². The minimum Gasteiger partial charge on any atom is -0.457 e. The quantitative estimate of drug-likeness (QED) is 0.177. The third kappa shape index (κ3) is 4.68. The molecule has 1 heterocycles. The molecule has 1 aliphatic carbocycles. The summed E-state index contributed by atoms with van der Waals surface area (Å²) in [5, 5.41) is 2.48. The predicted octanol–water partition coefficient (Wildman–Crippen LogP) is 14.1. The van der Waals surface area contributed by atoms with Crippen LogP contribution in [0.1, 0.15) is 22.3 Å². The number of hydrogen-bond acceptors (Lipinski definition) is 2. The summed E-state index contributed by atoms with van der Waals surface area (Å²) in [5.74, 6) is 1.79. The van der Waals surface area contributed by atoms with Gasteiger partial charge in [0.2, 0.25) is 0 Å². The van der Waals surface area contributed by atoms with E-state index in [1.165, 1.54) is 55.3 Å². The molecule has 0 saturated heterocycles. The van der Waals surface area contributed by atoms with Crippen LogP contribution in [0.2, 0.25) is 0 Å². The van der Waals surface area contributed by atoms with Crippen LogP contribution in [0.5, 0.6) is 11.5 Å². The van der Waals surface area contributed by atoms with Crippen molar-refractivity contribution in [3.63, 3.8) is 0 Å². The van der Waals surface area contributed by atoms with Gasteiger partial charge in [-0.2, -0.15) is 0 Å². The molecule has 0 radical (unpaired) electrons. The van der Waals surface area contributed by atoms with Crippen LogP contribution in [0.25, 0.3) is 44.2 Å². The highest BCUT2D eigenvalue weighted by molar-refractivity contribution is 6.05. The van der Waals surface area contributed by atoms with Gasteiger partial charge in [-0.05, 0) is 92.2 Å². The first kappa shape index (κ1) is 31.4. The molecular weight excluding hydrogens is 667 g/mol. The second-order valence-electron chi connectivity index (χ2n) is 14.4. The van der Waals surface area contributed by atoms with Gasteiger partial charge in [-0.3, -0.25) is 0 Å². The van der Waals surface area contributed by atoms with Crippen LogP contribution >= 0.6 is 0 Å². The monoisotopic (exact) mass is 701 g/mol. The molecule has 55 heavy (non-hydrogen) atoms. The highest BCUT2D eigenvalue weighted by Gasteiger charge is 2.51. The van der Waals surface area contributed by atoms with Crippen molar-refractivity contribution in [2.75, 3.05) is 4.90 Å². The lowest BCUT2D eigenvalue weighted by Crippen LogP contribution is -2.32. The fraction of sp³-hybridized carbons (Fsp3) is 0.0189. The maximum Gasteiger partial charge on any atom is 0.132 e. The predicted molar refractivity (Wildman–Crippen MR) is 227 cm³/mol. The zero-order valence-corrected chi connectivity index (χ0v) is 30.1. The molecule has 1 spiro atoms. The second kappa shape index (κ2) is 12.5. The summed E-state index contributed by atoms with van der Waals surface area (Å²) < 4.78 is 6.61. The molecule has 0 unspecified atom stereocenters. The Bertz CT molecular complexity index is 2850. The van der Waals surface area contributed by atoms with Gasteiger partial charge in [0.25, 0.3) is 0 Å². The van der Waals surface area contributed by atoms with Crippen molar-refractivity contribution in [1.29, 1.82) is 0 Å². The SMILES string of the molecule is c1ccc(-c2ccc3ccccc3c2-c2ccc(N(c3ccccc3)c3cccc4c3-c3ccccc3C43c4ccccc4Oc4ccccc43)cc2)cc1. The van der Waals surface area contributed by atoms with Gasteiger partial charge >= 0.3 is 0 Å². The van der Waals surface area contributed by atoms with E-state index in [0.29, 0.717) is 0 Å². The second-order valence-corrected chi connectivity index (χ2v) is 14.4. The Morgan fingerprint density at radius 2 is 0.927 bits per heavy atom. The Hall–Kier alpha value is -7.16. The van der Waals surface area contributed by atoms with Gasteiger partial charge in [0.15, 0.2) is 0 Å². The molecule has 0 saturated carbocycles. The summed E-state index contributed by atoms with van der Waals surface area (Å²) in [6.45, 7) is 0. The minimum absolute atomic E-state index is 0.540. The zero-order chi connectivity index (χ0) is 36.3. The largest absolute Gasteiger partial charge is 0.457 e. The maximum absolute atomic E-state index is 6.61. The van der Waals surface area contributed by atoms with E-state index in [0.717, 1.165) is 39.7 Å². The average molecular weight is 702 g/mol. The molecule has 0 fully saturated rings. The zero-order valence-electron chi connectivity index (χ0n) is 30.1. The fourth-order valence-electron chi connectivity index (χ4n) is 9.29. The van der Waals surface area contributed by atoms with E-state index in [9.17, 15) is 0 Å². The molecular formula is C53H35NO. The van der Waals surface area contributed by atoms with Gasteiger partial charge in [0.1, 0.15) is 11.5 Å².